The van der Waals surface area contributed by atoms with E-state index >= 15 is 0 Å². The van der Waals surface area contributed by atoms with Crippen LogP contribution in [0, 0.1) is 0 Å². The van der Waals surface area contributed by atoms with E-state index in [4.69, 9.17) is 16.3 Å². The van der Waals surface area contributed by atoms with Crippen molar-refractivity contribution in [3.05, 3.63) is 71.4 Å². The number of ether oxygens (including phenoxy) is 1. The van der Waals surface area contributed by atoms with Crippen LogP contribution in [0.1, 0.15) is 18.5 Å². The van der Waals surface area contributed by atoms with Crippen molar-refractivity contribution >= 4 is 28.4 Å². The molecule has 0 bridgehead atoms. The predicted molar refractivity (Wildman–Crippen MR) is 99.9 cm³/mol. The van der Waals surface area contributed by atoms with Crippen molar-refractivity contribution in [3.8, 4) is 5.75 Å². The second-order valence-corrected chi connectivity index (χ2v) is 6.23. The summed E-state index contributed by atoms with van der Waals surface area (Å²) in [6.07, 6.45) is 1.68. The third-order valence-electron chi connectivity index (χ3n) is 4.29. The van der Waals surface area contributed by atoms with Gasteiger partial charge in [0.2, 0.25) is 0 Å². The fraction of sp³-hybridized carbons (Fsp3) is 0.200. The van der Waals surface area contributed by atoms with Crippen molar-refractivity contribution in [2.45, 2.75) is 13.0 Å². The molecule has 0 aliphatic heterocycles. The molecule has 0 saturated carbocycles. The van der Waals surface area contributed by atoms with Gasteiger partial charge in [-0.1, -0.05) is 41.9 Å². The Balaban J connectivity index is 1.71. The first-order chi connectivity index (χ1) is 12.1. The number of benzene rings is 2. The van der Waals surface area contributed by atoms with Gasteiger partial charge < -0.3 is 9.64 Å². The van der Waals surface area contributed by atoms with E-state index in [0.29, 0.717) is 16.3 Å². The molecule has 2 aromatic carbocycles. The normalized spacial score (nSPS) is 12.0. The molecule has 128 valence electrons. The SMILES string of the molecule is C[C@@H](c1ccccc1)N(C)C(=O)COc1ccc(Cl)c2cccnc12. The van der Waals surface area contributed by atoms with Gasteiger partial charge in [0.15, 0.2) is 6.61 Å². The molecule has 0 aliphatic rings. The first-order valence-corrected chi connectivity index (χ1v) is 8.42. The quantitative estimate of drug-likeness (QED) is 0.678. The van der Waals surface area contributed by atoms with Gasteiger partial charge in [0.05, 0.1) is 11.1 Å². The summed E-state index contributed by atoms with van der Waals surface area (Å²) < 4.78 is 5.73. The lowest BCUT2D eigenvalue weighted by Crippen LogP contribution is -2.33. The summed E-state index contributed by atoms with van der Waals surface area (Å²) in [5, 5.41) is 1.41. The summed E-state index contributed by atoms with van der Waals surface area (Å²) in [6.45, 7) is 1.94. The maximum atomic E-state index is 12.5. The van der Waals surface area contributed by atoms with Crippen LogP contribution in [-0.2, 0) is 4.79 Å². The van der Waals surface area contributed by atoms with E-state index in [1.54, 1.807) is 30.3 Å². The molecule has 1 heterocycles. The smallest absolute Gasteiger partial charge is 0.260 e. The van der Waals surface area contributed by atoms with Crippen LogP contribution in [-0.4, -0.2) is 29.4 Å². The molecule has 0 aliphatic carbocycles. The minimum Gasteiger partial charge on any atom is -0.481 e. The van der Waals surface area contributed by atoms with E-state index in [9.17, 15) is 4.79 Å². The number of likely N-dealkylation sites (N-methyl/N-ethyl adjacent to an activating group) is 1. The van der Waals surface area contributed by atoms with E-state index in [1.165, 1.54) is 0 Å². The lowest BCUT2D eigenvalue weighted by molar-refractivity contribution is -0.133. The number of hydrogen-bond donors (Lipinski definition) is 0. The van der Waals surface area contributed by atoms with Gasteiger partial charge in [-0.05, 0) is 36.8 Å². The highest BCUT2D eigenvalue weighted by Crippen LogP contribution is 2.29. The molecule has 0 radical (unpaired) electrons. The lowest BCUT2D eigenvalue weighted by atomic mass is 10.1. The van der Waals surface area contributed by atoms with Crippen LogP contribution in [0.3, 0.4) is 0 Å². The van der Waals surface area contributed by atoms with Crippen LogP contribution in [0.4, 0.5) is 0 Å². The van der Waals surface area contributed by atoms with E-state index in [-0.39, 0.29) is 18.6 Å². The second kappa shape index (κ2) is 7.53. The number of nitrogens with zero attached hydrogens (tertiary/aromatic N) is 2. The van der Waals surface area contributed by atoms with Crippen LogP contribution in [0.25, 0.3) is 10.9 Å². The molecule has 0 saturated heterocycles. The van der Waals surface area contributed by atoms with Gasteiger partial charge in [0.1, 0.15) is 11.3 Å². The number of carbonyl (C=O) groups excluding carboxylic acids is 1. The summed E-state index contributed by atoms with van der Waals surface area (Å²) >= 11 is 6.18. The molecule has 0 unspecified atom stereocenters. The first-order valence-electron chi connectivity index (χ1n) is 8.04. The number of rotatable bonds is 5. The Morgan fingerprint density at radius 1 is 1.16 bits per heavy atom. The van der Waals surface area contributed by atoms with Gasteiger partial charge in [-0.3, -0.25) is 9.78 Å². The Morgan fingerprint density at radius 2 is 1.92 bits per heavy atom. The van der Waals surface area contributed by atoms with Gasteiger partial charge in [-0.2, -0.15) is 0 Å². The number of hydrogen-bond acceptors (Lipinski definition) is 3. The number of pyridine rings is 1. The summed E-state index contributed by atoms with van der Waals surface area (Å²) in [5.74, 6) is 0.449. The third kappa shape index (κ3) is 3.74. The third-order valence-corrected chi connectivity index (χ3v) is 4.62. The molecule has 1 amide bonds. The fourth-order valence-corrected chi connectivity index (χ4v) is 2.86. The molecule has 1 aromatic heterocycles. The standard InChI is InChI=1S/C20H19ClN2O2/c1-14(15-7-4-3-5-8-15)23(2)19(24)13-25-18-11-10-17(21)16-9-6-12-22-20(16)18/h3-12,14H,13H2,1-2H3/t14-/m0/s1. The van der Waals surface area contributed by atoms with Gasteiger partial charge in [0, 0.05) is 18.6 Å². The van der Waals surface area contributed by atoms with Gasteiger partial charge >= 0.3 is 0 Å². The molecule has 3 rings (SSSR count). The molecule has 0 N–H and O–H groups in total. The summed E-state index contributed by atoms with van der Waals surface area (Å²) in [7, 11) is 1.78. The lowest BCUT2D eigenvalue weighted by Gasteiger charge is -2.25. The van der Waals surface area contributed by atoms with E-state index in [0.717, 1.165) is 10.9 Å². The van der Waals surface area contributed by atoms with Crippen molar-refractivity contribution in [2.24, 2.45) is 0 Å². The highest BCUT2D eigenvalue weighted by molar-refractivity contribution is 6.35. The molecule has 3 aromatic rings. The Hall–Kier alpha value is -2.59. The molecule has 4 nitrogen and oxygen atoms in total. The Bertz CT molecular complexity index is 883. The Morgan fingerprint density at radius 3 is 2.68 bits per heavy atom. The zero-order chi connectivity index (χ0) is 17.8. The van der Waals surface area contributed by atoms with Crippen LogP contribution in [0.15, 0.2) is 60.8 Å². The van der Waals surface area contributed by atoms with Crippen LogP contribution >= 0.6 is 11.6 Å². The zero-order valence-electron chi connectivity index (χ0n) is 14.1. The van der Waals surface area contributed by atoms with Crippen LogP contribution in [0.2, 0.25) is 5.02 Å². The number of carbonyl (C=O) groups is 1. The first kappa shape index (κ1) is 17.2. The molecule has 25 heavy (non-hydrogen) atoms. The minimum absolute atomic E-state index is 0.0302. The summed E-state index contributed by atoms with van der Waals surface area (Å²) in [6, 6.07) is 17.1. The number of aromatic nitrogens is 1. The molecule has 0 fully saturated rings. The summed E-state index contributed by atoms with van der Waals surface area (Å²) in [5.41, 5.74) is 1.73. The molecular weight excluding hydrogens is 336 g/mol. The van der Waals surface area contributed by atoms with Gasteiger partial charge in [-0.25, -0.2) is 0 Å². The maximum Gasteiger partial charge on any atom is 0.260 e. The van der Waals surface area contributed by atoms with Crippen LogP contribution < -0.4 is 4.74 Å². The van der Waals surface area contributed by atoms with Crippen molar-refractivity contribution in [1.29, 1.82) is 0 Å². The van der Waals surface area contributed by atoms with E-state index in [2.05, 4.69) is 4.98 Å². The minimum atomic E-state index is -0.101. The Labute approximate surface area is 152 Å². The average Bonchev–Trinajstić information content (AvgIpc) is 2.67. The highest BCUT2D eigenvalue weighted by atomic mass is 35.5. The number of amides is 1. The van der Waals surface area contributed by atoms with Crippen molar-refractivity contribution < 1.29 is 9.53 Å². The van der Waals surface area contributed by atoms with Crippen molar-refractivity contribution in [1.82, 2.24) is 9.88 Å². The van der Waals surface area contributed by atoms with Crippen molar-refractivity contribution in [3.63, 3.8) is 0 Å². The average molecular weight is 355 g/mol. The molecular formula is C20H19ClN2O2. The molecule has 5 heteroatoms. The topological polar surface area (TPSA) is 42.4 Å². The maximum absolute atomic E-state index is 12.5. The van der Waals surface area contributed by atoms with E-state index in [1.807, 2.05) is 49.4 Å². The fourth-order valence-electron chi connectivity index (χ4n) is 2.64. The molecule has 1 atom stereocenters. The highest BCUT2D eigenvalue weighted by Gasteiger charge is 2.18. The Kier molecular flexibility index (Phi) is 5.19. The number of halogens is 1. The number of fused-ring (bicyclic) bond motifs is 1. The van der Waals surface area contributed by atoms with Gasteiger partial charge in [0.25, 0.3) is 5.91 Å². The summed E-state index contributed by atoms with van der Waals surface area (Å²) in [4.78, 5) is 18.5. The van der Waals surface area contributed by atoms with Crippen molar-refractivity contribution in [2.75, 3.05) is 13.7 Å². The largest absolute Gasteiger partial charge is 0.481 e. The zero-order valence-corrected chi connectivity index (χ0v) is 14.9. The second-order valence-electron chi connectivity index (χ2n) is 5.83. The van der Waals surface area contributed by atoms with Crippen LogP contribution in [0.5, 0.6) is 5.75 Å². The monoisotopic (exact) mass is 354 g/mol. The van der Waals surface area contributed by atoms with Gasteiger partial charge in [-0.15, -0.1) is 0 Å². The van der Waals surface area contributed by atoms with E-state index < -0.39 is 0 Å². The predicted octanol–water partition coefficient (Wildman–Crippen LogP) is 4.49. The molecule has 0 spiro atoms.